The molecule has 0 amide bonds. The molecule has 2 atom stereocenters. The van der Waals surface area contributed by atoms with Crippen LogP contribution in [0.15, 0.2) is 36.5 Å². The van der Waals surface area contributed by atoms with Crippen LogP contribution in [0.1, 0.15) is 24.8 Å². The normalized spacial score (nSPS) is 14.8. The van der Waals surface area contributed by atoms with Crippen molar-refractivity contribution >= 4 is 10.9 Å². The van der Waals surface area contributed by atoms with Gasteiger partial charge in [-0.1, -0.05) is 18.2 Å². The van der Waals surface area contributed by atoms with Crippen LogP contribution < -0.4 is 5.73 Å². The first-order valence-corrected chi connectivity index (χ1v) is 5.94. The number of para-hydroxylation sites is 1. The Morgan fingerprint density at radius 2 is 2.06 bits per heavy atom. The Hall–Kier alpha value is -1.45. The summed E-state index contributed by atoms with van der Waals surface area (Å²) in [7, 11) is 0. The Balaban J connectivity index is 2.46. The molecule has 0 radical (unpaired) electrons. The lowest BCUT2D eigenvalue weighted by molar-refractivity contribution is 0.175. The quantitative estimate of drug-likeness (QED) is 0.845. The molecule has 0 spiro atoms. The van der Waals surface area contributed by atoms with Crippen LogP contribution >= 0.6 is 0 Å². The minimum absolute atomic E-state index is 0.183. The van der Waals surface area contributed by atoms with Crippen molar-refractivity contribution in [3.8, 4) is 0 Å². The van der Waals surface area contributed by atoms with Crippen molar-refractivity contribution in [2.24, 2.45) is 5.73 Å². The molecule has 17 heavy (non-hydrogen) atoms. The number of benzene rings is 1. The summed E-state index contributed by atoms with van der Waals surface area (Å²) in [5, 5.41) is 10.6. The average molecular weight is 230 g/mol. The number of fused-ring (bicyclic) bond motifs is 1. The Kier molecular flexibility index (Phi) is 3.71. The molecule has 3 nitrogen and oxygen atoms in total. The van der Waals surface area contributed by atoms with Gasteiger partial charge in [0.05, 0.1) is 11.6 Å². The van der Waals surface area contributed by atoms with E-state index in [0.717, 1.165) is 10.9 Å². The van der Waals surface area contributed by atoms with Gasteiger partial charge in [-0.3, -0.25) is 4.98 Å². The molecule has 0 saturated heterocycles. The maximum Gasteiger partial charge on any atom is 0.0704 e. The molecule has 1 aromatic carbocycles. The minimum atomic E-state index is -0.338. The molecule has 0 aliphatic heterocycles. The summed E-state index contributed by atoms with van der Waals surface area (Å²) in [5.74, 6) is 0.183. The fourth-order valence-corrected chi connectivity index (χ4v) is 2.24. The second-order valence-corrected chi connectivity index (χ2v) is 4.43. The van der Waals surface area contributed by atoms with Crippen molar-refractivity contribution in [2.75, 3.05) is 6.54 Å². The van der Waals surface area contributed by atoms with E-state index < -0.39 is 0 Å². The third-order valence-corrected chi connectivity index (χ3v) is 3.03. The molecule has 90 valence electrons. The summed E-state index contributed by atoms with van der Waals surface area (Å²) < 4.78 is 0. The number of pyridine rings is 1. The lowest BCUT2D eigenvalue weighted by Gasteiger charge is -2.18. The molecular formula is C14H18N2O. The predicted molar refractivity (Wildman–Crippen MR) is 69.8 cm³/mol. The number of aromatic nitrogens is 1. The summed E-state index contributed by atoms with van der Waals surface area (Å²) in [5.41, 5.74) is 7.97. The van der Waals surface area contributed by atoms with Crippen LogP contribution in [0.25, 0.3) is 10.9 Å². The van der Waals surface area contributed by atoms with E-state index in [-0.39, 0.29) is 12.0 Å². The van der Waals surface area contributed by atoms with Crippen LogP contribution in [0.2, 0.25) is 0 Å². The Labute approximate surface area is 101 Å². The first-order chi connectivity index (χ1) is 8.22. The third kappa shape index (κ3) is 2.62. The maximum absolute atomic E-state index is 9.52. The number of aliphatic hydroxyl groups excluding tert-OH is 1. The van der Waals surface area contributed by atoms with Crippen molar-refractivity contribution in [1.29, 1.82) is 0 Å². The number of hydrogen-bond donors (Lipinski definition) is 2. The molecule has 0 bridgehead atoms. The topological polar surface area (TPSA) is 59.1 Å². The second-order valence-electron chi connectivity index (χ2n) is 4.43. The van der Waals surface area contributed by atoms with Gasteiger partial charge in [-0.15, -0.1) is 0 Å². The highest BCUT2D eigenvalue weighted by atomic mass is 16.3. The van der Waals surface area contributed by atoms with Crippen LogP contribution in [0.3, 0.4) is 0 Å². The van der Waals surface area contributed by atoms with Crippen molar-refractivity contribution in [3.63, 3.8) is 0 Å². The molecule has 0 aliphatic carbocycles. The van der Waals surface area contributed by atoms with Crippen molar-refractivity contribution < 1.29 is 5.11 Å². The standard InChI is InChI=1S/C14H18N2O/c1-10(17)8-11(9-15)12-6-7-16-14-5-3-2-4-13(12)14/h2-7,10-11,17H,8-9,15H2,1H3. The highest BCUT2D eigenvalue weighted by molar-refractivity contribution is 5.82. The van der Waals surface area contributed by atoms with Gasteiger partial charge in [0.15, 0.2) is 0 Å². The average Bonchev–Trinajstić information content (AvgIpc) is 2.35. The van der Waals surface area contributed by atoms with E-state index in [1.807, 2.05) is 30.5 Å². The Morgan fingerprint density at radius 3 is 2.76 bits per heavy atom. The van der Waals surface area contributed by atoms with Crippen molar-refractivity contribution in [1.82, 2.24) is 4.98 Å². The zero-order chi connectivity index (χ0) is 12.3. The summed E-state index contributed by atoms with van der Waals surface area (Å²) in [4.78, 5) is 4.33. The molecule has 1 heterocycles. The zero-order valence-corrected chi connectivity index (χ0v) is 10.0. The molecule has 2 aromatic rings. The lowest BCUT2D eigenvalue weighted by Crippen LogP contribution is -2.17. The van der Waals surface area contributed by atoms with E-state index in [9.17, 15) is 5.11 Å². The molecule has 0 fully saturated rings. The summed E-state index contributed by atoms with van der Waals surface area (Å²) in [6.45, 7) is 2.34. The van der Waals surface area contributed by atoms with E-state index in [1.54, 1.807) is 6.92 Å². The number of aliphatic hydroxyl groups is 1. The van der Waals surface area contributed by atoms with Gasteiger partial charge in [0.25, 0.3) is 0 Å². The zero-order valence-electron chi connectivity index (χ0n) is 10.0. The van der Waals surface area contributed by atoms with Crippen LogP contribution in [-0.2, 0) is 0 Å². The minimum Gasteiger partial charge on any atom is -0.393 e. The maximum atomic E-state index is 9.52. The van der Waals surface area contributed by atoms with Gasteiger partial charge >= 0.3 is 0 Å². The first-order valence-electron chi connectivity index (χ1n) is 5.94. The molecule has 1 aromatic heterocycles. The fourth-order valence-electron chi connectivity index (χ4n) is 2.24. The molecule has 2 rings (SSSR count). The van der Waals surface area contributed by atoms with Crippen molar-refractivity contribution in [2.45, 2.75) is 25.4 Å². The van der Waals surface area contributed by atoms with Gasteiger partial charge in [-0.2, -0.15) is 0 Å². The largest absolute Gasteiger partial charge is 0.393 e. The number of hydrogen-bond acceptors (Lipinski definition) is 3. The van der Waals surface area contributed by atoms with E-state index in [0.29, 0.717) is 13.0 Å². The first kappa shape index (κ1) is 12.0. The summed E-state index contributed by atoms with van der Waals surface area (Å²) in [6.07, 6.45) is 2.16. The van der Waals surface area contributed by atoms with Crippen LogP contribution in [0, 0.1) is 0 Å². The van der Waals surface area contributed by atoms with Gasteiger partial charge in [0.1, 0.15) is 0 Å². The fraction of sp³-hybridized carbons (Fsp3) is 0.357. The van der Waals surface area contributed by atoms with Gasteiger partial charge < -0.3 is 10.8 Å². The molecule has 3 heteroatoms. The van der Waals surface area contributed by atoms with E-state index >= 15 is 0 Å². The van der Waals surface area contributed by atoms with Crippen LogP contribution in [0.5, 0.6) is 0 Å². The van der Waals surface area contributed by atoms with Gasteiger partial charge in [0, 0.05) is 11.6 Å². The number of rotatable bonds is 4. The lowest BCUT2D eigenvalue weighted by atomic mass is 9.91. The Bertz CT molecular complexity index is 491. The van der Waals surface area contributed by atoms with E-state index in [2.05, 4.69) is 11.1 Å². The van der Waals surface area contributed by atoms with Gasteiger partial charge in [0.2, 0.25) is 0 Å². The van der Waals surface area contributed by atoms with Gasteiger partial charge in [-0.25, -0.2) is 0 Å². The highest BCUT2D eigenvalue weighted by Gasteiger charge is 2.15. The molecular weight excluding hydrogens is 212 g/mol. The van der Waals surface area contributed by atoms with Crippen LogP contribution in [-0.4, -0.2) is 22.7 Å². The monoisotopic (exact) mass is 230 g/mol. The summed E-state index contributed by atoms with van der Waals surface area (Å²) >= 11 is 0. The molecule has 0 saturated carbocycles. The van der Waals surface area contributed by atoms with Crippen LogP contribution in [0.4, 0.5) is 0 Å². The molecule has 2 unspecified atom stereocenters. The highest BCUT2D eigenvalue weighted by Crippen LogP contribution is 2.26. The number of nitrogens with two attached hydrogens (primary N) is 1. The SMILES string of the molecule is CC(O)CC(CN)c1ccnc2ccccc12. The second kappa shape index (κ2) is 5.25. The summed E-state index contributed by atoms with van der Waals surface area (Å²) in [6, 6.07) is 10.0. The predicted octanol–water partition coefficient (Wildman–Crippen LogP) is 2.05. The third-order valence-electron chi connectivity index (χ3n) is 3.03. The van der Waals surface area contributed by atoms with Crippen molar-refractivity contribution in [3.05, 3.63) is 42.1 Å². The number of nitrogens with zero attached hydrogens (tertiary/aromatic N) is 1. The smallest absolute Gasteiger partial charge is 0.0704 e. The van der Waals surface area contributed by atoms with E-state index in [1.165, 1.54) is 5.56 Å². The molecule has 0 aliphatic rings. The van der Waals surface area contributed by atoms with Gasteiger partial charge in [-0.05, 0) is 43.5 Å². The van der Waals surface area contributed by atoms with E-state index in [4.69, 9.17) is 5.73 Å². The Morgan fingerprint density at radius 1 is 1.29 bits per heavy atom. The molecule has 3 N–H and O–H groups in total.